The van der Waals surface area contributed by atoms with E-state index in [2.05, 4.69) is 66.0 Å². The normalized spacial score (nSPS) is 33.4. The second kappa shape index (κ2) is 4.67. The molecule has 98 valence electrons. The minimum absolute atomic E-state index is 0.242. The zero-order valence-electron chi connectivity index (χ0n) is 10.9. The van der Waals surface area contributed by atoms with Gasteiger partial charge in [0.1, 0.15) is 0 Å². The van der Waals surface area contributed by atoms with Gasteiger partial charge in [-0.15, -0.1) is 0 Å². The fourth-order valence-electron chi connectivity index (χ4n) is 3.57. The topological polar surface area (TPSA) is 21.3 Å². The Hall–Kier alpha value is -0.290. The maximum atomic E-state index is 5.94. The summed E-state index contributed by atoms with van der Waals surface area (Å²) in [6.07, 6.45) is 2.96. The third kappa shape index (κ3) is 2.05. The summed E-state index contributed by atoms with van der Waals surface area (Å²) >= 11 is 2.36. The Bertz CT molecular complexity index is 446. The summed E-state index contributed by atoms with van der Waals surface area (Å²) in [4.78, 5) is 0. The molecule has 18 heavy (non-hydrogen) atoms. The Balaban J connectivity index is 1.76. The van der Waals surface area contributed by atoms with E-state index in [0.717, 1.165) is 6.61 Å². The second-order valence-electron chi connectivity index (χ2n) is 6.05. The number of nitrogens with one attached hydrogen (secondary N) is 1. The van der Waals surface area contributed by atoms with Gasteiger partial charge in [-0.05, 0) is 53.6 Å². The fraction of sp³-hybridized carbons (Fsp3) is 0.600. The summed E-state index contributed by atoms with van der Waals surface area (Å²) in [6, 6.07) is 9.17. The highest BCUT2D eigenvalue weighted by Crippen LogP contribution is 2.52. The SMILES string of the molecule is CC1(C)C(Nc2cccc(I)c2)C2CCCOC21. The summed E-state index contributed by atoms with van der Waals surface area (Å²) in [5, 5.41) is 3.72. The lowest BCUT2D eigenvalue weighted by atomic mass is 9.55. The number of rotatable bonds is 2. The Kier molecular flexibility index (Phi) is 3.30. The summed E-state index contributed by atoms with van der Waals surface area (Å²) in [7, 11) is 0. The first-order valence-corrected chi connectivity index (χ1v) is 7.80. The molecule has 2 aliphatic rings. The van der Waals surface area contributed by atoms with Crippen LogP contribution in [0.4, 0.5) is 5.69 Å². The molecule has 3 atom stereocenters. The van der Waals surface area contributed by atoms with Crippen LogP contribution in [0, 0.1) is 14.9 Å². The van der Waals surface area contributed by atoms with E-state index in [4.69, 9.17) is 4.74 Å². The summed E-state index contributed by atoms with van der Waals surface area (Å²) in [5.41, 5.74) is 1.48. The molecule has 1 aromatic rings. The van der Waals surface area contributed by atoms with Crippen LogP contribution in [0.25, 0.3) is 0 Å². The van der Waals surface area contributed by atoms with E-state index < -0.39 is 0 Å². The zero-order chi connectivity index (χ0) is 12.8. The minimum Gasteiger partial charge on any atom is -0.381 e. The summed E-state index contributed by atoms with van der Waals surface area (Å²) in [5.74, 6) is 0.687. The van der Waals surface area contributed by atoms with Gasteiger partial charge in [0.15, 0.2) is 0 Å². The maximum Gasteiger partial charge on any atom is 0.0693 e. The highest BCUT2D eigenvalue weighted by atomic mass is 127. The van der Waals surface area contributed by atoms with Gasteiger partial charge >= 0.3 is 0 Å². The van der Waals surface area contributed by atoms with Gasteiger partial charge in [0.2, 0.25) is 0 Å². The van der Waals surface area contributed by atoms with Gasteiger partial charge in [0.05, 0.1) is 6.10 Å². The molecule has 2 nitrogen and oxygen atoms in total. The lowest BCUT2D eigenvalue weighted by molar-refractivity contribution is -0.177. The monoisotopic (exact) mass is 357 g/mol. The van der Waals surface area contributed by atoms with Crippen LogP contribution in [0.5, 0.6) is 0 Å². The van der Waals surface area contributed by atoms with Crippen LogP contribution in [0.15, 0.2) is 24.3 Å². The van der Waals surface area contributed by atoms with E-state index in [1.807, 2.05) is 0 Å². The van der Waals surface area contributed by atoms with Crippen molar-refractivity contribution in [2.75, 3.05) is 11.9 Å². The number of benzene rings is 1. The van der Waals surface area contributed by atoms with Gasteiger partial charge in [-0.3, -0.25) is 0 Å². The molecule has 0 radical (unpaired) electrons. The molecule has 3 unspecified atom stereocenters. The number of halogens is 1. The number of ether oxygens (including phenoxy) is 1. The van der Waals surface area contributed by atoms with Crippen molar-refractivity contribution in [1.82, 2.24) is 0 Å². The first kappa shape index (κ1) is 12.7. The molecule has 1 N–H and O–H groups in total. The molecule has 1 heterocycles. The van der Waals surface area contributed by atoms with Gasteiger partial charge < -0.3 is 10.1 Å². The second-order valence-corrected chi connectivity index (χ2v) is 7.30. The fourth-order valence-corrected chi connectivity index (χ4v) is 4.12. The van der Waals surface area contributed by atoms with Crippen molar-refractivity contribution in [2.45, 2.75) is 38.8 Å². The summed E-state index contributed by atoms with van der Waals surface area (Å²) < 4.78 is 7.23. The van der Waals surface area contributed by atoms with E-state index >= 15 is 0 Å². The number of fused-ring (bicyclic) bond motifs is 1. The van der Waals surface area contributed by atoms with Crippen LogP contribution in [-0.2, 0) is 4.74 Å². The minimum atomic E-state index is 0.242. The van der Waals surface area contributed by atoms with Crippen LogP contribution in [0.1, 0.15) is 26.7 Å². The van der Waals surface area contributed by atoms with Crippen molar-refractivity contribution in [3.8, 4) is 0 Å². The molecule has 1 aliphatic carbocycles. The largest absolute Gasteiger partial charge is 0.381 e. The Morgan fingerprint density at radius 1 is 1.39 bits per heavy atom. The van der Waals surface area contributed by atoms with Gasteiger partial charge in [0.25, 0.3) is 0 Å². The van der Waals surface area contributed by atoms with E-state index in [9.17, 15) is 0 Å². The standard InChI is InChI=1S/C15H20INO/c1-15(2)13(12-7-4-8-18-14(12)15)17-11-6-3-5-10(16)9-11/h3,5-6,9,12-14,17H,4,7-8H2,1-2H3. The zero-order valence-corrected chi connectivity index (χ0v) is 13.1. The molecule has 1 saturated carbocycles. The van der Waals surface area contributed by atoms with Gasteiger partial charge in [0, 0.05) is 33.2 Å². The molecule has 1 saturated heterocycles. The lowest BCUT2D eigenvalue weighted by Gasteiger charge is -2.60. The van der Waals surface area contributed by atoms with Crippen molar-refractivity contribution in [2.24, 2.45) is 11.3 Å². The van der Waals surface area contributed by atoms with Crippen LogP contribution in [0.2, 0.25) is 0 Å². The van der Waals surface area contributed by atoms with Gasteiger partial charge in [-0.1, -0.05) is 19.9 Å². The van der Waals surface area contributed by atoms with Gasteiger partial charge in [-0.25, -0.2) is 0 Å². The number of hydrogen-bond acceptors (Lipinski definition) is 2. The lowest BCUT2D eigenvalue weighted by Crippen LogP contribution is -2.67. The molecule has 2 fully saturated rings. The van der Waals surface area contributed by atoms with Crippen LogP contribution < -0.4 is 5.32 Å². The van der Waals surface area contributed by atoms with Crippen molar-refractivity contribution >= 4 is 28.3 Å². The molecule has 1 aliphatic heterocycles. The maximum absolute atomic E-state index is 5.94. The average molecular weight is 357 g/mol. The molecule has 0 bridgehead atoms. The van der Waals surface area contributed by atoms with Gasteiger partial charge in [-0.2, -0.15) is 0 Å². The highest BCUT2D eigenvalue weighted by Gasteiger charge is 2.57. The Morgan fingerprint density at radius 2 is 2.22 bits per heavy atom. The Labute approximate surface area is 123 Å². The van der Waals surface area contributed by atoms with Crippen LogP contribution in [0.3, 0.4) is 0 Å². The molecule has 0 spiro atoms. The highest BCUT2D eigenvalue weighted by molar-refractivity contribution is 14.1. The molecular weight excluding hydrogens is 337 g/mol. The molecule has 3 rings (SSSR count). The van der Waals surface area contributed by atoms with E-state index in [1.165, 1.54) is 22.1 Å². The first-order chi connectivity index (χ1) is 8.59. The quantitative estimate of drug-likeness (QED) is 0.811. The van der Waals surface area contributed by atoms with E-state index in [-0.39, 0.29) is 5.41 Å². The third-order valence-electron chi connectivity index (χ3n) is 4.48. The van der Waals surface area contributed by atoms with Crippen molar-refractivity contribution in [3.63, 3.8) is 0 Å². The van der Waals surface area contributed by atoms with Crippen LogP contribution >= 0.6 is 22.6 Å². The summed E-state index contributed by atoms with van der Waals surface area (Å²) in [6.45, 7) is 5.59. The third-order valence-corrected chi connectivity index (χ3v) is 5.15. The van der Waals surface area contributed by atoms with Crippen molar-refractivity contribution < 1.29 is 4.74 Å². The number of hydrogen-bond donors (Lipinski definition) is 1. The molecule has 1 aromatic carbocycles. The van der Waals surface area contributed by atoms with Crippen LogP contribution in [-0.4, -0.2) is 18.8 Å². The smallest absolute Gasteiger partial charge is 0.0693 e. The van der Waals surface area contributed by atoms with Crippen molar-refractivity contribution in [3.05, 3.63) is 27.8 Å². The molecule has 3 heteroatoms. The number of anilines is 1. The van der Waals surface area contributed by atoms with E-state index in [0.29, 0.717) is 18.1 Å². The molecule has 0 amide bonds. The molecular formula is C15H20INO. The van der Waals surface area contributed by atoms with E-state index in [1.54, 1.807) is 0 Å². The molecule has 0 aromatic heterocycles. The van der Waals surface area contributed by atoms with Crippen molar-refractivity contribution in [1.29, 1.82) is 0 Å². The predicted octanol–water partition coefficient (Wildman–Crippen LogP) is 3.91. The Morgan fingerprint density at radius 3 is 3.00 bits per heavy atom. The average Bonchev–Trinajstić information content (AvgIpc) is 2.36. The first-order valence-electron chi connectivity index (χ1n) is 6.73. The predicted molar refractivity (Wildman–Crippen MR) is 82.8 cm³/mol.